The second kappa shape index (κ2) is 7.32. The highest BCUT2D eigenvalue weighted by Gasteiger charge is 2.09. The third-order valence-corrected chi connectivity index (χ3v) is 3.44. The average Bonchev–Trinajstić information content (AvgIpc) is 2.45. The average molecular weight is 290 g/mol. The third kappa shape index (κ3) is 3.75. The lowest BCUT2D eigenvalue weighted by molar-refractivity contribution is 0.476. The topological polar surface area (TPSA) is 35.2 Å². The van der Waals surface area contributed by atoms with Gasteiger partial charge in [0.05, 0.1) is 5.02 Å². The van der Waals surface area contributed by atoms with E-state index in [1.807, 2.05) is 30.3 Å². The summed E-state index contributed by atoms with van der Waals surface area (Å²) in [6, 6.07) is 13.9. The van der Waals surface area contributed by atoms with Crippen molar-refractivity contribution >= 4 is 11.6 Å². The van der Waals surface area contributed by atoms with Gasteiger partial charge in [0, 0.05) is 0 Å². The normalized spacial score (nSPS) is 10.6. The van der Waals surface area contributed by atoms with Crippen molar-refractivity contribution in [2.45, 2.75) is 26.2 Å². The number of ether oxygens (including phenoxy) is 1. The van der Waals surface area contributed by atoms with E-state index in [-0.39, 0.29) is 0 Å². The fraction of sp³-hybridized carbons (Fsp3) is 0.294. The van der Waals surface area contributed by atoms with Gasteiger partial charge in [-0.2, -0.15) is 0 Å². The number of hydrogen-bond acceptors (Lipinski definition) is 2. The second-order valence-electron chi connectivity index (χ2n) is 4.76. The second-order valence-corrected chi connectivity index (χ2v) is 5.17. The zero-order valence-electron chi connectivity index (χ0n) is 11.7. The molecule has 20 heavy (non-hydrogen) atoms. The molecule has 0 fully saturated rings. The molecule has 0 atom stereocenters. The Bertz CT molecular complexity index is 551. The number of nitrogens with two attached hydrogens (primary N) is 1. The smallest absolute Gasteiger partial charge is 0.149 e. The highest BCUT2D eigenvalue weighted by molar-refractivity contribution is 6.32. The minimum absolute atomic E-state index is 0.576. The minimum Gasteiger partial charge on any atom is -0.456 e. The quantitative estimate of drug-likeness (QED) is 0.844. The predicted octanol–water partition coefficient (Wildman–Crippen LogP) is 4.59. The van der Waals surface area contributed by atoms with Crippen LogP contribution in [0.25, 0.3) is 0 Å². The van der Waals surface area contributed by atoms with Crippen LogP contribution in [0.3, 0.4) is 0 Å². The Morgan fingerprint density at radius 1 is 1.05 bits per heavy atom. The maximum absolute atomic E-state index is 6.23. The highest BCUT2D eigenvalue weighted by atomic mass is 35.5. The van der Waals surface area contributed by atoms with Gasteiger partial charge < -0.3 is 10.5 Å². The SMILES string of the molecule is CCCc1ccc(Oc2c(Cl)cccc2CCN)cc1. The molecule has 0 aliphatic rings. The van der Waals surface area contributed by atoms with Crippen LogP contribution >= 0.6 is 11.6 Å². The van der Waals surface area contributed by atoms with Gasteiger partial charge in [-0.3, -0.25) is 0 Å². The number of halogens is 1. The Morgan fingerprint density at radius 2 is 1.80 bits per heavy atom. The summed E-state index contributed by atoms with van der Waals surface area (Å²) in [4.78, 5) is 0. The van der Waals surface area contributed by atoms with Gasteiger partial charge in [0.1, 0.15) is 11.5 Å². The first kappa shape index (κ1) is 14.9. The minimum atomic E-state index is 0.576. The molecule has 2 rings (SSSR count). The monoisotopic (exact) mass is 289 g/mol. The third-order valence-electron chi connectivity index (χ3n) is 3.14. The maximum atomic E-state index is 6.23. The van der Waals surface area contributed by atoms with Crippen LogP contribution < -0.4 is 10.5 Å². The van der Waals surface area contributed by atoms with Crippen molar-refractivity contribution in [1.82, 2.24) is 0 Å². The van der Waals surface area contributed by atoms with Crippen LogP contribution in [0, 0.1) is 0 Å². The number of aryl methyl sites for hydroxylation is 1. The Labute approximate surface area is 125 Å². The van der Waals surface area contributed by atoms with Crippen molar-refractivity contribution in [3.63, 3.8) is 0 Å². The van der Waals surface area contributed by atoms with Crippen LogP contribution in [0.4, 0.5) is 0 Å². The molecule has 0 bridgehead atoms. The number of para-hydroxylation sites is 1. The molecule has 2 nitrogen and oxygen atoms in total. The van der Waals surface area contributed by atoms with E-state index in [0.29, 0.717) is 17.3 Å². The van der Waals surface area contributed by atoms with Crippen LogP contribution in [0.5, 0.6) is 11.5 Å². The Kier molecular flexibility index (Phi) is 5.45. The lowest BCUT2D eigenvalue weighted by Gasteiger charge is -2.12. The van der Waals surface area contributed by atoms with Gasteiger partial charge in [-0.1, -0.05) is 49.2 Å². The number of rotatable bonds is 6. The van der Waals surface area contributed by atoms with Gasteiger partial charge >= 0.3 is 0 Å². The molecule has 0 aliphatic heterocycles. The van der Waals surface area contributed by atoms with Crippen LogP contribution in [0.2, 0.25) is 5.02 Å². The first-order chi connectivity index (χ1) is 9.74. The van der Waals surface area contributed by atoms with E-state index < -0.39 is 0 Å². The van der Waals surface area contributed by atoms with Gasteiger partial charge in [-0.15, -0.1) is 0 Å². The molecule has 0 radical (unpaired) electrons. The summed E-state index contributed by atoms with van der Waals surface area (Å²) in [6.07, 6.45) is 2.99. The van der Waals surface area contributed by atoms with Crippen LogP contribution in [-0.4, -0.2) is 6.54 Å². The molecule has 0 aromatic heterocycles. The van der Waals surface area contributed by atoms with Crippen molar-refractivity contribution < 1.29 is 4.74 Å². The van der Waals surface area contributed by atoms with Crippen LogP contribution in [0.15, 0.2) is 42.5 Å². The largest absolute Gasteiger partial charge is 0.456 e. The molecule has 3 heteroatoms. The molecule has 0 unspecified atom stereocenters. The molecule has 0 saturated carbocycles. The van der Waals surface area contributed by atoms with Crippen LogP contribution in [-0.2, 0) is 12.8 Å². The first-order valence-corrected chi connectivity index (χ1v) is 7.36. The molecule has 0 amide bonds. The number of hydrogen-bond donors (Lipinski definition) is 1. The molecule has 0 saturated heterocycles. The van der Waals surface area contributed by atoms with E-state index in [4.69, 9.17) is 22.1 Å². The van der Waals surface area contributed by atoms with Crippen molar-refractivity contribution in [2.75, 3.05) is 6.54 Å². The summed E-state index contributed by atoms with van der Waals surface area (Å²) in [5.74, 6) is 1.51. The molecule has 0 spiro atoms. The maximum Gasteiger partial charge on any atom is 0.149 e. The summed E-state index contributed by atoms with van der Waals surface area (Å²) < 4.78 is 5.94. The molecule has 0 heterocycles. The predicted molar refractivity (Wildman–Crippen MR) is 84.7 cm³/mol. The highest BCUT2D eigenvalue weighted by Crippen LogP contribution is 2.33. The molecular weight excluding hydrogens is 270 g/mol. The van der Waals surface area contributed by atoms with Crippen molar-refractivity contribution in [3.05, 3.63) is 58.6 Å². The lowest BCUT2D eigenvalue weighted by Crippen LogP contribution is -2.04. The van der Waals surface area contributed by atoms with Crippen molar-refractivity contribution in [1.29, 1.82) is 0 Å². The summed E-state index contributed by atoms with van der Waals surface area (Å²) in [7, 11) is 0. The van der Waals surface area contributed by atoms with E-state index in [1.165, 1.54) is 5.56 Å². The van der Waals surface area contributed by atoms with Gasteiger partial charge in [0.25, 0.3) is 0 Å². The standard InChI is InChI=1S/C17H20ClNO/c1-2-4-13-7-9-15(10-8-13)20-17-14(11-12-19)5-3-6-16(17)18/h3,5-10H,2,4,11-12,19H2,1H3. The Hall–Kier alpha value is -1.51. The molecular formula is C17H20ClNO. The molecule has 2 aromatic rings. The van der Waals surface area contributed by atoms with Gasteiger partial charge in [-0.25, -0.2) is 0 Å². The van der Waals surface area contributed by atoms with E-state index in [9.17, 15) is 0 Å². The molecule has 0 aliphatic carbocycles. The lowest BCUT2D eigenvalue weighted by atomic mass is 10.1. The molecule has 2 aromatic carbocycles. The summed E-state index contributed by atoms with van der Waals surface area (Å²) in [5, 5.41) is 0.619. The fourth-order valence-corrected chi connectivity index (χ4v) is 2.38. The van der Waals surface area contributed by atoms with Gasteiger partial charge in [0.15, 0.2) is 0 Å². The molecule has 2 N–H and O–H groups in total. The van der Waals surface area contributed by atoms with E-state index in [2.05, 4.69) is 19.1 Å². The van der Waals surface area contributed by atoms with Gasteiger partial charge in [0.2, 0.25) is 0 Å². The Morgan fingerprint density at radius 3 is 2.45 bits per heavy atom. The summed E-state index contributed by atoms with van der Waals surface area (Å²) >= 11 is 6.23. The molecule has 106 valence electrons. The van der Waals surface area contributed by atoms with E-state index in [1.54, 1.807) is 0 Å². The summed E-state index contributed by atoms with van der Waals surface area (Å²) in [6.45, 7) is 2.75. The van der Waals surface area contributed by atoms with Crippen molar-refractivity contribution in [2.24, 2.45) is 5.73 Å². The number of benzene rings is 2. The van der Waals surface area contributed by atoms with E-state index >= 15 is 0 Å². The fourth-order valence-electron chi connectivity index (χ4n) is 2.15. The zero-order chi connectivity index (χ0) is 14.4. The van der Waals surface area contributed by atoms with Gasteiger partial charge in [-0.05, 0) is 48.7 Å². The Balaban J connectivity index is 2.20. The van der Waals surface area contributed by atoms with Crippen molar-refractivity contribution in [3.8, 4) is 11.5 Å². The zero-order valence-corrected chi connectivity index (χ0v) is 12.5. The van der Waals surface area contributed by atoms with Crippen LogP contribution in [0.1, 0.15) is 24.5 Å². The van der Waals surface area contributed by atoms with E-state index in [0.717, 1.165) is 30.6 Å². The summed E-state index contributed by atoms with van der Waals surface area (Å²) in [5.41, 5.74) is 7.99. The first-order valence-electron chi connectivity index (χ1n) is 6.99.